The zero-order valence-corrected chi connectivity index (χ0v) is 14.8. The molecule has 1 aromatic carbocycles. The van der Waals surface area contributed by atoms with Crippen molar-refractivity contribution in [1.29, 1.82) is 0 Å². The Morgan fingerprint density at radius 2 is 1.96 bits per heavy atom. The van der Waals surface area contributed by atoms with Crippen molar-refractivity contribution in [2.45, 2.75) is 44.7 Å². The lowest BCUT2D eigenvalue weighted by molar-refractivity contribution is 0.110. The predicted molar refractivity (Wildman–Crippen MR) is 100.0 cm³/mol. The van der Waals surface area contributed by atoms with Crippen molar-refractivity contribution in [2.75, 3.05) is 24.7 Å². The second kappa shape index (κ2) is 7.74. The van der Waals surface area contributed by atoms with E-state index in [0.717, 1.165) is 37.1 Å². The third kappa shape index (κ3) is 3.87. The monoisotopic (exact) mass is 345 g/mol. The van der Waals surface area contributed by atoms with Gasteiger partial charge in [0.2, 0.25) is 11.9 Å². The van der Waals surface area contributed by atoms with Gasteiger partial charge >= 0.3 is 0 Å². The first kappa shape index (κ1) is 17.5. The summed E-state index contributed by atoms with van der Waals surface area (Å²) >= 11 is 0. The molecule has 7 heteroatoms. The minimum Gasteiger partial charge on any atom is -0.491 e. The third-order valence-electron chi connectivity index (χ3n) is 4.63. The molecule has 1 spiro atoms. The molecule has 136 valence electrons. The van der Waals surface area contributed by atoms with Gasteiger partial charge < -0.3 is 20.9 Å². The van der Waals surface area contributed by atoms with Gasteiger partial charge in [-0.1, -0.05) is 12.5 Å². The third-order valence-corrected chi connectivity index (χ3v) is 4.63. The quantitative estimate of drug-likeness (QED) is 0.770. The number of aliphatic imine (C=N–C) groups is 2. The van der Waals surface area contributed by atoms with Crippen LogP contribution in [-0.4, -0.2) is 37.4 Å². The van der Waals surface area contributed by atoms with E-state index in [9.17, 15) is 0 Å². The first-order chi connectivity index (χ1) is 12.1. The van der Waals surface area contributed by atoms with Gasteiger partial charge in [-0.15, -0.1) is 0 Å². The SMILES string of the molecule is CCOCCOc1cccc(N2C(N)=NC(N)=NC23CCCCC3)c1. The second-order valence-electron chi connectivity index (χ2n) is 6.36. The van der Waals surface area contributed by atoms with Crippen molar-refractivity contribution in [3.63, 3.8) is 0 Å². The van der Waals surface area contributed by atoms with Crippen molar-refractivity contribution in [1.82, 2.24) is 0 Å². The van der Waals surface area contributed by atoms with Crippen LogP contribution in [0.5, 0.6) is 5.75 Å². The predicted octanol–water partition coefficient (Wildman–Crippen LogP) is 2.21. The highest BCUT2D eigenvalue weighted by Gasteiger charge is 2.42. The number of hydrogen-bond donors (Lipinski definition) is 2. The van der Waals surface area contributed by atoms with Crippen LogP contribution in [0.1, 0.15) is 39.0 Å². The van der Waals surface area contributed by atoms with Crippen LogP contribution in [-0.2, 0) is 4.74 Å². The molecule has 0 amide bonds. The standard InChI is InChI=1S/C18H27N5O2/c1-2-24-11-12-25-15-8-6-7-14(13-15)23-17(20)21-16(19)22-18(23)9-4-3-5-10-18/h6-8,13H,2-5,9-12H2,1H3,(H4,19,20,21,22). The van der Waals surface area contributed by atoms with E-state index >= 15 is 0 Å². The van der Waals surface area contributed by atoms with E-state index in [1.165, 1.54) is 6.42 Å². The van der Waals surface area contributed by atoms with Gasteiger partial charge in [-0.2, -0.15) is 4.99 Å². The molecule has 3 rings (SSSR count). The highest BCUT2D eigenvalue weighted by molar-refractivity contribution is 6.05. The number of guanidine groups is 2. The van der Waals surface area contributed by atoms with Crippen LogP contribution in [0.4, 0.5) is 5.69 Å². The number of rotatable bonds is 6. The molecule has 25 heavy (non-hydrogen) atoms. The summed E-state index contributed by atoms with van der Waals surface area (Å²) in [4.78, 5) is 10.9. The van der Waals surface area contributed by atoms with E-state index < -0.39 is 5.66 Å². The maximum Gasteiger partial charge on any atom is 0.220 e. The van der Waals surface area contributed by atoms with Crippen molar-refractivity contribution >= 4 is 17.6 Å². The van der Waals surface area contributed by atoms with Gasteiger partial charge in [0.05, 0.1) is 6.61 Å². The fourth-order valence-corrected chi connectivity index (χ4v) is 3.57. The van der Waals surface area contributed by atoms with Crippen LogP contribution in [0, 0.1) is 0 Å². The Balaban J connectivity index is 1.84. The van der Waals surface area contributed by atoms with Crippen LogP contribution in [0.2, 0.25) is 0 Å². The highest BCUT2D eigenvalue weighted by atomic mass is 16.5. The molecule has 1 heterocycles. The van der Waals surface area contributed by atoms with Crippen LogP contribution < -0.4 is 21.1 Å². The fraction of sp³-hybridized carbons (Fsp3) is 0.556. The Kier molecular flexibility index (Phi) is 5.43. The van der Waals surface area contributed by atoms with Gasteiger partial charge in [-0.25, -0.2) is 4.99 Å². The summed E-state index contributed by atoms with van der Waals surface area (Å²) in [5.41, 5.74) is 12.7. The molecule has 4 N–H and O–H groups in total. The molecule has 1 fully saturated rings. The van der Waals surface area contributed by atoms with E-state index in [1.54, 1.807) is 0 Å². The summed E-state index contributed by atoms with van der Waals surface area (Å²) in [5.74, 6) is 1.43. The van der Waals surface area contributed by atoms with Crippen molar-refractivity contribution in [3.05, 3.63) is 24.3 Å². The second-order valence-corrected chi connectivity index (χ2v) is 6.36. The lowest BCUT2D eigenvalue weighted by Crippen LogP contribution is -2.58. The Morgan fingerprint density at radius 1 is 1.16 bits per heavy atom. The molecule has 1 saturated carbocycles. The summed E-state index contributed by atoms with van der Waals surface area (Å²) in [6, 6.07) is 7.86. The molecular formula is C18H27N5O2. The fourth-order valence-electron chi connectivity index (χ4n) is 3.57. The molecule has 1 aliphatic heterocycles. The van der Waals surface area contributed by atoms with Gasteiger partial charge in [0.25, 0.3) is 0 Å². The number of benzene rings is 1. The Bertz CT molecular complexity index is 653. The van der Waals surface area contributed by atoms with Crippen molar-refractivity contribution < 1.29 is 9.47 Å². The molecule has 0 bridgehead atoms. The summed E-state index contributed by atoms with van der Waals surface area (Å²) in [6.45, 7) is 3.73. The molecule has 7 nitrogen and oxygen atoms in total. The van der Waals surface area contributed by atoms with Crippen LogP contribution in [0.3, 0.4) is 0 Å². The maximum absolute atomic E-state index is 6.25. The number of anilines is 1. The van der Waals surface area contributed by atoms with E-state index in [4.69, 9.17) is 20.9 Å². The normalized spacial score (nSPS) is 19.5. The van der Waals surface area contributed by atoms with Crippen molar-refractivity contribution in [3.8, 4) is 5.75 Å². The molecule has 1 aromatic rings. The Hall–Kier alpha value is -2.28. The lowest BCUT2D eigenvalue weighted by atomic mass is 9.87. The highest BCUT2D eigenvalue weighted by Crippen LogP contribution is 2.40. The minimum absolute atomic E-state index is 0.264. The summed E-state index contributed by atoms with van der Waals surface area (Å²) < 4.78 is 11.1. The largest absolute Gasteiger partial charge is 0.491 e. The first-order valence-corrected chi connectivity index (χ1v) is 8.95. The average molecular weight is 345 g/mol. The number of ether oxygens (including phenoxy) is 2. The lowest BCUT2D eigenvalue weighted by Gasteiger charge is -2.45. The number of nitrogens with two attached hydrogens (primary N) is 2. The van der Waals surface area contributed by atoms with Gasteiger partial charge in [0.1, 0.15) is 18.0 Å². The van der Waals surface area contributed by atoms with Crippen molar-refractivity contribution in [2.24, 2.45) is 21.5 Å². The maximum atomic E-state index is 6.25. The zero-order chi connectivity index (χ0) is 17.7. The number of hydrogen-bond acceptors (Lipinski definition) is 7. The molecule has 2 aliphatic rings. The molecule has 0 radical (unpaired) electrons. The molecule has 1 aliphatic carbocycles. The molecule has 0 unspecified atom stereocenters. The average Bonchev–Trinajstić information content (AvgIpc) is 2.59. The van der Waals surface area contributed by atoms with E-state index in [-0.39, 0.29) is 5.96 Å². The summed E-state index contributed by atoms with van der Waals surface area (Å²) in [7, 11) is 0. The topological polar surface area (TPSA) is 98.5 Å². The summed E-state index contributed by atoms with van der Waals surface area (Å²) in [5, 5.41) is 0. The molecule has 0 aromatic heterocycles. The van der Waals surface area contributed by atoms with Gasteiger partial charge in [0, 0.05) is 18.4 Å². The van der Waals surface area contributed by atoms with Gasteiger partial charge in [-0.3, -0.25) is 4.90 Å². The van der Waals surface area contributed by atoms with Crippen LogP contribution >= 0.6 is 0 Å². The molecular weight excluding hydrogens is 318 g/mol. The van der Waals surface area contributed by atoms with Gasteiger partial charge in [-0.05, 0) is 44.7 Å². The summed E-state index contributed by atoms with van der Waals surface area (Å²) in [6.07, 6.45) is 5.25. The molecule has 0 saturated heterocycles. The van der Waals surface area contributed by atoms with E-state index in [1.807, 2.05) is 36.1 Å². The first-order valence-electron chi connectivity index (χ1n) is 8.95. The van der Waals surface area contributed by atoms with Gasteiger partial charge in [0.15, 0.2) is 0 Å². The number of nitrogens with zero attached hydrogens (tertiary/aromatic N) is 3. The zero-order valence-electron chi connectivity index (χ0n) is 14.8. The minimum atomic E-state index is -0.432. The van der Waals surface area contributed by atoms with Crippen LogP contribution in [0.15, 0.2) is 34.3 Å². The Morgan fingerprint density at radius 3 is 2.72 bits per heavy atom. The van der Waals surface area contributed by atoms with E-state index in [2.05, 4.69) is 9.98 Å². The Labute approximate surface area is 148 Å². The van der Waals surface area contributed by atoms with E-state index in [0.29, 0.717) is 25.8 Å². The van der Waals surface area contributed by atoms with Crippen LogP contribution in [0.25, 0.3) is 0 Å². The molecule has 0 atom stereocenters. The smallest absolute Gasteiger partial charge is 0.220 e.